The molecule has 4 heterocycles. The summed E-state index contributed by atoms with van der Waals surface area (Å²) in [5.74, 6) is 1.47. The molecule has 34 heavy (non-hydrogen) atoms. The smallest absolute Gasteiger partial charge is 0.262 e. The van der Waals surface area contributed by atoms with Gasteiger partial charge in [-0.3, -0.25) is 14.2 Å². The zero-order chi connectivity index (χ0) is 23.1. The van der Waals surface area contributed by atoms with E-state index in [9.17, 15) is 9.59 Å². The van der Waals surface area contributed by atoms with Crippen molar-refractivity contribution in [3.63, 3.8) is 0 Å². The molecule has 0 bridgehead atoms. The maximum atomic E-state index is 13.4. The predicted molar refractivity (Wildman–Crippen MR) is 131 cm³/mol. The van der Waals surface area contributed by atoms with Gasteiger partial charge in [0.2, 0.25) is 5.91 Å². The Balaban J connectivity index is 1.26. The van der Waals surface area contributed by atoms with Crippen molar-refractivity contribution < 1.29 is 14.3 Å². The van der Waals surface area contributed by atoms with Crippen LogP contribution in [0, 0.1) is 0 Å². The van der Waals surface area contributed by atoms with E-state index in [0.29, 0.717) is 19.8 Å². The van der Waals surface area contributed by atoms with Crippen LogP contribution < -0.4 is 15.0 Å². The number of nitrogens with zero attached hydrogens (tertiary/aromatic N) is 3. The molecule has 1 aromatic carbocycles. The minimum absolute atomic E-state index is 0.0190. The van der Waals surface area contributed by atoms with Gasteiger partial charge in [0.15, 0.2) is 11.5 Å². The molecule has 1 saturated heterocycles. The first-order chi connectivity index (χ1) is 16.7. The molecule has 0 radical (unpaired) electrons. The molecule has 7 nitrogen and oxygen atoms in total. The number of hydrogen-bond donors (Lipinski definition) is 0. The van der Waals surface area contributed by atoms with Crippen molar-refractivity contribution >= 4 is 27.5 Å². The summed E-state index contributed by atoms with van der Waals surface area (Å²) in [6, 6.07) is 5.97. The van der Waals surface area contributed by atoms with Crippen LogP contribution in [-0.4, -0.2) is 40.1 Å². The van der Waals surface area contributed by atoms with E-state index in [1.165, 1.54) is 27.8 Å². The SMILES string of the molecule is O=C(Cn1cnc2sc3c(c2c1=O)CCCCC3)N1CCCC1c1ccc2c(c1)OCCCO2. The molecule has 6 rings (SSSR count). The average molecular weight is 480 g/mol. The van der Waals surface area contributed by atoms with E-state index in [0.717, 1.165) is 65.8 Å². The van der Waals surface area contributed by atoms with Gasteiger partial charge in [-0.2, -0.15) is 0 Å². The molecule has 3 aromatic rings. The molecule has 1 unspecified atom stereocenters. The second-order valence-corrected chi connectivity index (χ2v) is 10.5. The number of amides is 1. The molecule has 2 aromatic heterocycles. The van der Waals surface area contributed by atoms with Gasteiger partial charge in [-0.05, 0) is 61.8 Å². The van der Waals surface area contributed by atoms with Gasteiger partial charge >= 0.3 is 0 Å². The molecule has 178 valence electrons. The number of carbonyl (C=O) groups is 1. The molecular weight excluding hydrogens is 450 g/mol. The summed E-state index contributed by atoms with van der Waals surface area (Å²) >= 11 is 1.65. The Morgan fingerprint density at radius 3 is 2.82 bits per heavy atom. The highest BCUT2D eigenvalue weighted by molar-refractivity contribution is 7.18. The van der Waals surface area contributed by atoms with Gasteiger partial charge in [0.1, 0.15) is 11.4 Å². The lowest BCUT2D eigenvalue weighted by atomic mass is 10.0. The van der Waals surface area contributed by atoms with Crippen LogP contribution in [0.15, 0.2) is 29.3 Å². The van der Waals surface area contributed by atoms with E-state index in [-0.39, 0.29) is 24.1 Å². The van der Waals surface area contributed by atoms with Gasteiger partial charge in [0.05, 0.1) is 31.0 Å². The van der Waals surface area contributed by atoms with Crippen LogP contribution in [-0.2, 0) is 24.2 Å². The Morgan fingerprint density at radius 2 is 1.91 bits per heavy atom. The third-order valence-corrected chi connectivity index (χ3v) is 8.43. The highest BCUT2D eigenvalue weighted by atomic mass is 32.1. The number of aromatic nitrogens is 2. The molecule has 2 aliphatic heterocycles. The van der Waals surface area contributed by atoms with Crippen LogP contribution in [0.5, 0.6) is 11.5 Å². The Labute approximate surface area is 202 Å². The second-order valence-electron chi connectivity index (χ2n) is 9.42. The van der Waals surface area contributed by atoms with Gasteiger partial charge < -0.3 is 14.4 Å². The fourth-order valence-corrected chi connectivity index (χ4v) is 6.73. The van der Waals surface area contributed by atoms with Gasteiger partial charge in [0, 0.05) is 17.8 Å². The number of thiophene rings is 1. The quantitative estimate of drug-likeness (QED) is 0.525. The van der Waals surface area contributed by atoms with Crippen LogP contribution in [0.3, 0.4) is 0 Å². The first kappa shape index (κ1) is 21.6. The van der Waals surface area contributed by atoms with Gasteiger partial charge in [0.25, 0.3) is 5.56 Å². The molecule has 1 aliphatic carbocycles. The number of aryl methyl sites for hydroxylation is 2. The summed E-state index contributed by atoms with van der Waals surface area (Å²) in [7, 11) is 0. The molecule has 0 N–H and O–H groups in total. The molecule has 0 saturated carbocycles. The Morgan fingerprint density at radius 1 is 1.06 bits per heavy atom. The lowest BCUT2D eigenvalue weighted by molar-refractivity contribution is -0.132. The van der Waals surface area contributed by atoms with Crippen molar-refractivity contribution in [3.05, 3.63) is 50.9 Å². The van der Waals surface area contributed by atoms with E-state index >= 15 is 0 Å². The predicted octanol–water partition coefficient (Wildman–Crippen LogP) is 4.25. The van der Waals surface area contributed by atoms with E-state index in [1.807, 2.05) is 23.1 Å². The molecule has 1 atom stereocenters. The Kier molecular flexibility index (Phi) is 5.77. The van der Waals surface area contributed by atoms with Crippen molar-refractivity contribution in [3.8, 4) is 11.5 Å². The van der Waals surface area contributed by atoms with Crippen LogP contribution in [0.2, 0.25) is 0 Å². The van der Waals surface area contributed by atoms with E-state index in [4.69, 9.17) is 9.47 Å². The maximum Gasteiger partial charge on any atom is 0.262 e. The third-order valence-electron chi connectivity index (χ3n) is 7.23. The number of hydrogen-bond acceptors (Lipinski definition) is 6. The molecule has 8 heteroatoms. The number of carbonyl (C=O) groups excluding carboxylic acids is 1. The Hall–Kier alpha value is -2.87. The van der Waals surface area contributed by atoms with Crippen molar-refractivity contribution in [1.29, 1.82) is 0 Å². The van der Waals surface area contributed by atoms with Crippen LogP contribution in [0.4, 0.5) is 0 Å². The summed E-state index contributed by atoms with van der Waals surface area (Å²) < 4.78 is 13.1. The number of fused-ring (bicyclic) bond motifs is 4. The van der Waals surface area contributed by atoms with Gasteiger partial charge in [-0.1, -0.05) is 12.5 Å². The first-order valence-electron chi connectivity index (χ1n) is 12.4. The highest BCUT2D eigenvalue weighted by Gasteiger charge is 2.31. The lowest BCUT2D eigenvalue weighted by Crippen LogP contribution is -2.36. The topological polar surface area (TPSA) is 73.7 Å². The molecule has 0 spiro atoms. The van der Waals surface area contributed by atoms with Crippen molar-refractivity contribution in [2.45, 2.75) is 64.0 Å². The van der Waals surface area contributed by atoms with E-state index in [2.05, 4.69) is 4.98 Å². The number of ether oxygens (including phenoxy) is 2. The third kappa shape index (κ3) is 3.87. The number of likely N-dealkylation sites (tertiary alicyclic amines) is 1. The lowest BCUT2D eigenvalue weighted by Gasteiger charge is -2.26. The fraction of sp³-hybridized carbons (Fsp3) is 0.500. The standard InChI is InChI=1S/C26H29N3O4S/c30-23(15-28-16-27-25-24(26(28)31)18-6-2-1-3-8-22(18)34-25)29-11-4-7-19(29)17-9-10-20-21(14-17)33-13-5-12-32-20/h9-10,14,16,19H,1-8,11-13,15H2. The molecular formula is C26H29N3O4S. The van der Waals surface area contributed by atoms with Crippen molar-refractivity contribution in [1.82, 2.24) is 14.5 Å². The maximum absolute atomic E-state index is 13.4. The monoisotopic (exact) mass is 479 g/mol. The Bertz CT molecular complexity index is 1300. The minimum atomic E-state index is -0.0796. The largest absolute Gasteiger partial charge is 0.490 e. The first-order valence-corrected chi connectivity index (χ1v) is 13.2. The van der Waals surface area contributed by atoms with Gasteiger partial charge in [-0.25, -0.2) is 4.98 Å². The van der Waals surface area contributed by atoms with Crippen molar-refractivity contribution in [2.75, 3.05) is 19.8 Å². The molecule has 3 aliphatic rings. The summed E-state index contributed by atoms with van der Waals surface area (Å²) in [4.78, 5) is 35.4. The van der Waals surface area contributed by atoms with E-state index < -0.39 is 0 Å². The normalized spacial score (nSPS) is 20.1. The second kappa shape index (κ2) is 9.06. The fourth-order valence-electron chi connectivity index (χ4n) is 5.51. The number of benzene rings is 1. The number of rotatable bonds is 3. The summed E-state index contributed by atoms with van der Waals surface area (Å²) in [6.45, 7) is 2.00. The summed E-state index contributed by atoms with van der Waals surface area (Å²) in [5, 5.41) is 0.734. The molecule has 1 fully saturated rings. The molecule has 1 amide bonds. The van der Waals surface area contributed by atoms with Crippen molar-refractivity contribution in [2.24, 2.45) is 0 Å². The summed E-state index contributed by atoms with van der Waals surface area (Å²) in [5.41, 5.74) is 2.14. The van der Waals surface area contributed by atoms with Crippen LogP contribution in [0.1, 0.15) is 60.6 Å². The summed E-state index contributed by atoms with van der Waals surface area (Å²) in [6.07, 6.45) is 9.69. The highest BCUT2D eigenvalue weighted by Crippen LogP contribution is 2.38. The van der Waals surface area contributed by atoms with E-state index in [1.54, 1.807) is 17.7 Å². The zero-order valence-electron chi connectivity index (χ0n) is 19.3. The minimum Gasteiger partial charge on any atom is -0.490 e. The van der Waals surface area contributed by atoms with Gasteiger partial charge in [-0.15, -0.1) is 11.3 Å². The average Bonchev–Trinajstić information content (AvgIpc) is 3.31. The van der Waals surface area contributed by atoms with Crippen LogP contribution in [0.25, 0.3) is 10.2 Å². The zero-order valence-corrected chi connectivity index (χ0v) is 20.1. The van der Waals surface area contributed by atoms with Crippen LogP contribution >= 0.6 is 11.3 Å².